The number of carbonyl (C=O) groups excluding carboxylic acids is 1. The van der Waals surface area contributed by atoms with Crippen LogP contribution in [0.15, 0.2) is 54.6 Å². The number of unbranched alkanes of at least 4 members (excludes halogenated alkanes) is 1. The van der Waals surface area contributed by atoms with E-state index in [1.54, 1.807) is 12.1 Å². The first-order valence-electron chi connectivity index (χ1n) is 7.24. The van der Waals surface area contributed by atoms with Crippen molar-refractivity contribution in [1.82, 2.24) is 5.32 Å². The van der Waals surface area contributed by atoms with Crippen LogP contribution in [0.3, 0.4) is 0 Å². The Labute approximate surface area is 129 Å². The van der Waals surface area contributed by atoms with Gasteiger partial charge in [-0.25, -0.2) is 0 Å². The summed E-state index contributed by atoms with van der Waals surface area (Å²) in [6.07, 6.45) is 2.75. The number of rotatable bonds is 7. The van der Waals surface area contributed by atoms with E-state index in [2.05, 4.69) is 17.4 Å². The summed E-state index contributed by atoms with van der Waals surface area (Å²) in [5.74, 6) is -0.396. The molecule has 2 aromatic carbocycles. The minimum atomic E-state index is -0.537. The zero-order valence-electron chi connectivity index (χ0n) is 12.2. The zero-order valence-corrected chi connectivity index (χ0v) is 12.2. The number of benzene rings is 2. The Morgan fingerprint density at radius 2 is 1.68 bits per heavy atom. The van der Waals surface area contributed by atoms with E-state index < -0.39 is 10.8 Å². The van der Waals surface area contributed by atoms with Crippen molar-refractivity contribution in [3.05, 3.63) is 75.8 Å². The first kappa shape index (κ1) is 15.7. The highest BCUT2D eigenvalue weighted by atomic mass is 16.6. The van der Waals surface area contributed by atoms with E-state index in [0.717, 1.165) is 19.3 Å². The van der Waals surface area contributed by atoms with Gasteiger partial charge in [0.05, 0.1) is 4.92 Å². The highest BCUT2D eigenvalue weighted by Crippen LogP contribution is 2.17. The van der Waals surface area contributed by atoms with Crippen LogP contribution in [-0.2, 0) is 6.42 Å². The number of aryl methyl sites for hydroxylation is 1. The van der Waals surface area contributed by atoms with Crippen LogP contribution >= 0.6 is 0 Å². The minimum absolute atomic E-state index is 0.107. The summed E-state index contributed by atoms with van der Waals surface area (Å²) in [7, 11) is 0. The van der Waals surface area contributed by atoms with E-state index in [0.29, 0.717) is 6.54 Å². The Kier molecular flexibility index (Phi) is 5.65. The molecular weight excluding hydrogens is 280 g/mol. The highest BCUT2D eigenvalue weighted by molar-refractivity contribution is 5.98. The molecule has 5 heteroatoms. The molecular formula is C17H18N2O3. The second-order valence-corrected chi connectivity index (χ2v) is 4.97. The van der Waals surface area contributed by atoms with Gasteiger partial charge in [-0.15, -0.1) is 0 Å². The number of hydrogen-bond donors (Lipinski definition) is 1. The number of amides is 1. The first-order chi connectivity index (χ1) is 10.7. The number of para-hydroxylation sites is 1. The largest absolute Gasteiger partial charge is 0.352 e. The standard InChI is InChI=1S/C17H18N2O3/c20-17(15-11-4-5-12-16(15)19(21)22)18-13-7-6-10-14-8-2-1-3-9-14/h1-5,8-9,11-12H,6-7,10,13H2,(H,18,20). The Hall–Kier alpha value is -2.69. The van der Waals surface area contributed by atoms with Crippen molar-refractivity contribution in [2.24, 2.45) is 0 Å². The molecule has 5 nitrogen and oxygen atoms in total. The molecule has 0 bridgehead atoms. The molecule has 2 rings (SSSR count). The molecule has 22 heavy (non-hydrogen) atoms. The van der Waals surface area contributed by atoms with Gasteiger partial charge in [-0.2, -0.15) is 0 Å². The lowest BCUT2D eigenvalue weighted by atomic mass is 10.1. The Bertz CT molecular complexity index is 641. The molecule has 0 spiro atoms. The van der Waals surface area contributed by atoms with E-state index in [1.807, 2.05) is 18.2 Å². The van der Waals surface area contributed by atoms with Gasteiger partial charge in [0.15, 0.2) is 0 Å². The summed E-state index contributed by atoms with van der Waals surface area (Å²) in [6, 6.07) is 16.1. The summed E-state index contributed by atoms with van der Waals surface area (Å²) in [5, 5.41) is 13.6. The molecule has 0 aliphatic carbocycles. The van der Waals surface area contributed by atoms with E-state index in [9.17, 15) is 14.9 Å². The van der Waals surface area contributed by atoms with Crippen LogP contribution in [0.2, 0.25) is 0 Å². The van der Waals surface area contributed by atoms with Crippen LogP contribution in [0, 0.1) is 10.1 Å². The van der Waals surface area contributed by atoms with E-state index in [4.69, 9.17) is 0 Å². The number of nitro groups is 1. The molecule has 114 valence electrons. The van der Waals surface area contributed by atoms with Crippen molar-refractivity contribution in [3.8, 4) is 0 Å². The van der Waals surface area contributed by atoms with Gasteiger partial charge in [-0.05, 0) is 30.9 Å². The summed E-state index contributed by atoms with van der Waals surface area (Å²) in [4.78, 5) is 22.3. The van der Waals surface area contributed by atoms with Crippen molar-refractivity contribution in [1.29, 1.82) is 0 Å². The van der Waals surface area contributed by atoms with Gasteiger partial charge in [-0.1, -0.05) is 42.5 Å². The van der Waals surface area contributed by atoms with Gasteiger partial charge in [0, 0.05) is 12.6 Å². The Balaban J connectivity index is 1.78. The second kappa shape index (κ2) is 7.93. The molecule has 0 heterocycles. The highest BCUT2D eigenvalue weighted by Gasteiger charge is 2.18. The molecule has 2 aromatic rings. The lowest BCUT2D eigenvalue weighted by molar-refractivity contribution is -0.385. The summed E-state index contributed by atoms with van der Waals surface area (Å²) >= 11 is 0. The van der Waals surface area contributed by atoms with E-state index in [1.165, 1.54) is 17.7 Å². The number of nitrogens with one attached hydrogen (secondary N) is 1. The molecule has 0 fully saturated rings. The summed E-state index contributed by atoms with van der Waals surface area (Å²) in [6.45, 7) is 0.512. The fourth-order valence-corrected chi connectivity index (χ4v) is 2.22. The predicted molar refractivity (Wildman–Crippen MR) is 84.8 cm³/mol. The van der Waals surface area contributed by atoms with Crippen LogP contribution in [0.5, 0.6) is 0 Å². The zero-order chi connectivity index (χ0) is 15.8. The summed E-state index contributed by atoms with van der Waals surface area (Å²) in [5.41, 5.74) is 1.22. The third-order valence-electron chi connectivity index (χ3n) is 3.37. The number of nitro benzene ring substituents is 1. The molecule has 1 amide bonds. The number of nitrogens with zero attached hydrogens (tertiary/aromatic N) is 1. The lowest BCUT2D eigenvalue weighted by Crippen LogP contribution is -2.25. The average molecular weight is 298 g/mol. The van der Waals surface area contributed by atoms with Crippen LogP contribution in [0.1, 0.15) is 28.8 Å². The Morgan fingerprint density at radius 3 is 2.41 bits per heavy atom. The van der Waals surface area contributed by atoms with Crippen molar-refractivity contribution in [2.45, 2.75) is 19.3 Å². The molecule has 0 saturated heterocycles. The van der Waals surface area contributed by atoms with Crippen LogP contribution in [-0.4, -0.2) is 17.4 Å². The monoisotopic (exact) mass is 298 g/mol. The van der Waals surface area contributed by atoms with Crippen LogP contribution < -0.4 is 5.32 Å². The van der Waals surface area contributed by atoms with Crippen LogP contribution in [0.25, 0.3) is 0 Å². The van der Waals surface area contributed by atoms with Gasteiger partial charge in [0.2, 0.25) is 0 Å². The molecule has 0 saturated carbocycles. The third-order valence-corrected chi connectivity index (χ3v) is 3.37. The summed E-state index contributed by atoms with van der Waals surface area (Å²) < 4.78 is 0. The fraction of sp³-hybridized carbons (Fsp3) is 0.235. The SMILES string of the molecule is O=C(NCCCCc1ccccc1)c1ccccc1[N+](=O)[O-]. The van der Waals surface area contributed by atoms with E-state index >= 15 is 0 Å². The first-order valence-corrected chi connectivity index (χ1v) is 7.24. The lowest BCUT2D eigenvalue weighted by Gasteiger charge is -2.06. The van der Waals surface area contributed by atoms with Crippen molar-refractivity contribution in [3.63, 3.8) is 0 Å². The maximum absolute atomic E-state index is 12.0. The van der Waals surface area contributed by atoms with Crippen LogP contribution in [0.4, 0.5) is 5.69 Å². The van der Waals surface area contributed by atoms with Gasteiger partial charge in [0.1, 0.15) is 5.56 Å². The third kappa shape index (κ3) is 4.41. The molecule has 0 unspecified atom stereocenters. The second-order valence-electron chi connectivity index (χ2n) is 4.97. The van der Waals surface area contributed by atoms with Crippen molar-refractivity contribution < 1.29 is 9.72 Å². The topological polar surface area (TPSA) is 72.2 Å². The average Bonchev–Trinajstić information content (AvgIpc) is 2.55. The normalized spacial score (nSPS) is 10.2. The van der Waals surface area contributed by atoms with E-state index in [-0.39, 0.29) is 11.3 Å². The number of hydrogen-bond acceptors (Lipinski definition) is 3. The minimum Gasteiger partial charge on any atom is -0.352 e. The maximum Gasteiger partial charge on any atom is 0.282 e. The smallest absolute Gasteiger partial charge is 0.282 e. The maximum atomic E-state index is 12.0. The Morgan fingerprint density at radius 1 is 1.00 bits per heavy atom. The molecule has 0 atom stereocenters. The molecule has 0 aliphatic heterocycles. The fourth-order valence-electron chi connectivity index (χ4n) is 2.22. The molecule has 1 N–H and O–H groups in total. The van der Waals surface area contributed by atoms with Crippen molar-refractivity contribution >= 4 is 11.6 Å². The molecule has 0 aliphatic rings. The van der Waals surface area contributed by atoms with Gasteiger partial charge < -0.3 is 5.32 Å². The van der Waals surface area contributed by atoms with Crippen molar-refractivity contribution in [2.75, 3.05) is 6.54 Å². The van der Waals surface area contributed by atoms with Gasteiger partial charge in [-0.3, -0.25) is 14.9 Å². The number of carbonyl (C=O) groups is 1. The predicted octanol–water partition coefficient (Wildman–Crippen LogP) is 3.35. The quantitative estimate of drug-likeness (QED) is 0.484. The molecule has 0 aromatic heterocycles. The molecule has 0 radical (unpaired) electrons. The van der Waals surface area contributed by atoms with Gasteiger partial charge in [0.25, 0.3) is 11.6 Å². The van der Waals surface area contributed by atoms with Gasteiger partial charge >= 0.3 is 0 Å².